The Morgan fingerprint density at radius 2 is 1.88 bits per heavy atom. The number of hydrogen-bond donors (Lipinski definition) is 1. The van der Waals surface area contributed by atoms with E-state index in [2.05, 4.69) is 14.9 Å². The number of nitrogens with one attached hydrogen (secondary N) is 1. The smallest absolute Gasteiger partial charge is 0.333 e. The molecule has 25 heavy (non-hydrogen) atoms. The Hall–Kier alpha value is -2.09. The molecule has 2 aromatic heterocycles. The Labute approximate surface area is 144 Å². The van der Waals surface area contributed by atoms with Crippen molar-refractivity contribution in [2.45, 2.75) is 44.7 Å². The first-order chi connectivity index (χ1) is 12.1. The Kier molecular flexibility index (Phi) is 3.31. The van der Waals surface area contributed by atoms with Gasteiger partial charge in [0.2, 0.25) is 5.95 Å². The lowest BCUT2D eigenvalue weighted by Gasteiger charge is -2.25. The van der Waals surface area contributed by atoms with Crippen molar-refractivity contribution in [2.24, 2.45) is 5.92 Å². The minimum atomic E-state index is -0.233. The molecule has 3 aliphatic rings. The van der Waals surface area contributed by atoms with E-state index in [4.69, 9.17) is 4.74 Å². The second-order valence-corrected chi connectivity index (χ2v) is 7.50. The molecule has 0 aromatic carbocycles. The summed E-state index contributed by atoms with van der Waals surface area (Å²) in [6.07, 6.45) is 4.14. The van der Waals surface area contributed by atoms with Crippen LogP contribution in [0.25, 0.3) is 11.2 Å². The summed E-state index contributed by atoms with van der Waals surface area (Å²) >= 11 is 0. The lowest BCUT2D eigenvalue weighted by Crippen LogP contribution is -2.42. The van der Waals surface area contributed by atoms with Gasteiger partial charge in [-0.2, -0.15) is 4.98 Å². The fraction of sp³-hybridized carbons (Fsp3) is 0.706. The highest BCUT2D eigenvalue weighted by Gasteiger charge is 2.35. The van der Waals surface area contributed by atoms with E-state index in [-0.39, 0.29) is 23.3 Å². The van der Waals surface area contributed by atoms with Gasteiger partial charge in [0.15, 0.2) is 11.2 Å². The molecular formula is C17H23N5O3. The SMILES string of the molecule is CC(C1CC1)n1c(=O)c2[nH]c(N3CCOCC3)nc2n(C2CC2)c1=O. The predicted octanol–water partition coefficient (Wildman–Crippen LogP) is 1.03. The fourth-order valence-corrected chi connectivity index (χ4v) is 3.82. The minimum absolute atomic E-state index is 0.0514. The van der Waals surface area contributed by atoms with Gasteiger partial charge in [-0.15, -0.1) is 0 Å². The maximum absolute atomic E-state index is 13.1. The molecule has 3 fully saturated rings. The number of fused-ring (bicyclic) bond motifs is 1. The molecule has 8 heteroatoms. The molecule has 1 atom stereocenters. The van der Waals surface area contributed by atoms with E-state index < -0.39 is 0 Å². The summed E-state index contributed by atoms with van der Waals surface area (Å²) in [5, 5.41) is 0. The second-order valence-electron chi connectivity index (χ2n) is 7.50. The maximum Gasteiger partial charge on any atom is 0.333 e. The Morgan fingerprint density at radius 1 is 1.16 bits per heavy atom. The number of aromatic amines is 1. The van der Waals surface area contributed by atoms with Gasteiger partial charge < -0.3 is 14.6 Å². The highest BCUT2D eigenvalue weighted by molar-refractivity contribution is 5.73. The van der Waals surface area contributed by atoms with Crippen LogP contribution in [0, 0.1) is 5.92 Å². The van der Waals surface area contributed by atoms with Crippen molar-refractivity contribution >= 4 is 17.1 Å². The topological polar surface area (TPSA) is 85.2 Å². The van der Waals surface area contributed by atoms with Crippen molar-refractivity contribution in [1.29, 1.82) is 0 Å². The van der Waals surface area contributed by atoms with Crippen LogP contribution >= 0.6 is 0 Å². The fourth-order valence-electron chi connectivity index (χ4n) is 3.82. The normalized spacial score (nSPS) is 22.5. The molecule has 1 unspecified atom stereocenters. The number of aromatic nitrogens is 4. The highest BCUT2D eigenvalue weighted by atomic mass is 16.5. The third-order valence-corrected chi connectivity index (χ3v) is 5.68. The van der Waals surface area contributed by atoms with Gasteiger partial charge in [-0.3, -0.25) is 13.9 Å². The van der Waals surface area contributed by atoms with Crippen LogP contribution in [-0.2, 0) is 4.74 Å². The first-order valence-corrected chi connectivity index (χ1v) is 9.24. The van der Waals surface area contributed by atoms with E-state index in [0.29, 0.717) is 36.2 Å². The maximum atomic E-state index is 13.1. The summed E-state index contributed by atoms with van der Waals surface area (Å²) in [7, 11) is 0. The van der Waals surface area contributed by atoms with E-state index in [0.717, 1.165) is 38.8 Å². The lowest BCUT2D eigenvalue weighted by molar-refractivity contribution is 0.122. The second kappa shape index (κ2) is 5.45. The summed E-state index contributed by atoms with van der Waals surface area (Å²) in [6.45, 7) is 4.76. The van der Waals surface area contributed by atoms with Crippen LogP contribution in [0.2, 0.25) is 0 Å². The molecule has 1 aliphatic heterocycles. The first kappa shape index (κ1) is 15.2. The van der Waals surface area contributed by atoms with Crippen LogP contribution in [-0.4, -0.2) is 45.4 Å². The van der Waals surface area contributed by atoms with Gasteiger partial charge >= 0.3 is 5.69 Å². The number of nitrogens with zero attached hydrogens (tertiary/aromatic N) is 4. The standard InChI is InChI=1S/C17H23N5O3/c1-10(11-2-3-11)21-15(23)13-14(22(17(21)24)12-4-5-12)19-16(18-13)20-6-8-25-9-7-20/h10-12H,2-9H2,1H3,(H,18,19). The zero-order chi connectivity index (χ0) is 17.1. The molecule has 8 nitrogen and oxygen atoms in total. The molecule has 0 radical (unpaired) electrons. The van der Waals surface area contributed by atoms with Crippen LogP contribution < -0.4 is 16.1 Å². The van der Waals surface area contributed by atoms with Crippen LogP contribution in [0.3, 0.4) is 0 Å². The van der Waals surface area contributed by atoms with Crippen molar-refractivity contribution in [1.82, 2.24) is 19.1 Å². The molecule has 2 aromatic rings. The molecular weight excluding hydrogens is 322 g/mol. The van der Waals surface area contributed by atoms with Crippen molar-refractivity contribution in [2.75, 3.05) is 31.2 Å². The van der Waals surface area contributed by atoms with Crippen molar-refractivity contribution in [3.05, 3.63) is 20.8 Å². The number of hydrogen-bond acceptors (Lipinski definition) is 5. The molecule has 2 aliphatic carbocycles. The van der Waals surface area contributed by atoms with Crippen molar-refractivity contribution in [3.8, 4) is 0 Å². The summed E-state index contributed by atoms with van der Waals surface area (Å²) in [5.74, 6) is 1.11. The van der Waals surface area contributed by atoms with E-state index in [1.807, 2.05) is 6.92 Å². The van der Waals surface area contributed by atoms with E-state index in [1.54, 1.807) is 4.57 Å². The Bertz CT molecular complexity index is 928. The molecule has 0 spiro atoms. The average Bonchev–Trinajstić information content (AvgIpc) is 3.53. The molecule has 1 N–H and O–H groups in total. The number of ether oxygens (including phenoxy) is 1. The monoisotopic (exact) mass is 345 g/mol. The van der Waals surface area contributed by atoms with Gasteiger partial charge in [0, 0.05) is 25.2 Å². The number of rotatable bonds is 4. The first-order valence-electron chi connectivity index (χ1n) is 9.24. The summed E-state index contributed by atoms with van der Waals surface area (Å²) in [6, 6.07) is 0.124. The molecule has 0 amide bonds. The molecule has 1 saturated heterocycles. The third-order valence-electron chi connectivity index (χ3n) is 5.68. The minimum Gasteiger partial charge on any atom is -0.378 e. The molecule has 0 bridgehead atoms. The number of imidazole rings is 1. The largest absolute Gasteiger partial charge is 0.378 e. The summed E-state index contributed by atoms with van der Waals surface area (Å²) in [4.78, 5) is 36.1. The predicted molar refractivity (Wildman–Crippen MR) is 93.4 cm³/mol. The van der Waals surface area contributed by atoms with Crippen LogP contribution in [0.1, 0.15) is 44.7 Å². The zero-order valence-corrected chi connectivity index (χ0v) is 14.4. The summed E-state index contributed by atoms with van der Waals surface area (Å²) < 4.78 is 8.59. The highest BCUT2D eigenvalue weighted by Crippen LogP contribution is 2.39. The van der Waals surface area contributed by atoms with Crippen LogP contribution in [0.4, 0.5) is 5.95 Å². The van der Waals surface area contributed by atoms with Gasteiger partial charge in [-0.25, -0.2) is 4.79 Å². The molecule has 3 heterocycles. The number of anilines is 1. The quantitative estimate of drug-likeness (QED) is 0.894. The zero-order valence-electron chi connectivity index (χ0n) is 14.4. The molecule has 2 saturated carbocycles. The lowest BCUT2D eigenvalue weighted by atomic mass is 10.2. The van der Waals surface area contributed by atoms with Gasteiger partial charge in [0.1, 0.15) is 0 Å². The number of H-pyrrole nitrogens is 1. The number of morpholine rings is 1. The van der Waals surface area contributed by atoms with Gasteiger partial charge in [-0.05, 0) is 38.5 Å². The van der Waals surface area contributed by atoms with Crippen LogP contribution in [0.15, 0.2) is 9.59 Å². The van der Waals surface area contributed by atoms with Gasteiger partial charge in [0.25, 0.3) is 5.56 Å². The van der Waals surface area contributed by atoms with Gasteiger partial charge in [0.05, 0.1) is 13.2 Å². The van der Waals surface area contributed by atoms with E-state index in [1.165, 1.54) is 4.57 Å². The average molecular weight is 345 g/mol. The van der Waals surface area contributed by atoms with Gasteiger partial charge in [-0.1, -0.05) is 0 Å². The van der Waals surface area contributed by atoms with E-state index in [9.17, 15) is 9.59 Å². The Morgan fingerprint density at radius 3 is 2.52 bits per heavy atom. The third kappa shape index (κ3) is 2.42. The molecule has 134 valence electrons. The Balaban J connectivity index is 1.71. The van der Waals surface area contributed by atoms with E-state index >= 15 is 0 Å². The molecule has 5 rings (SSSR count). The van der Waals surface area contributed by atoms with Crippen molar-refractivity contribution < 1.29 is 4.74 Å². The van der Waals surface area contributed by atoms with Crippen LogP contribution in [0.5, 0.6) is 0 Å². The van der Waals surface area contributed by atoms with Crippen molar-refractivity contribution in [3.63, 3.8) is 0 Å². The summed E-state index contributed by atoms with van der Waals surface area (Å²) in [5.41, 5.74) is 0.543.